The lowest BCUT2D eigenvalue weighted by Gasteiger charge is -2.16. The molecule has 112 valence electrons. The molecule has 5 nitrogen and oxygen atoms in total. The zero-order chi connectivity index (χ0) is 14.8. The van der Waals surface area contributed by atoms with E-state index in [1.165, 1.54) is 12.1 Å². The van der Waals surface area contributed by atoms with Gasteiger partial charge in [0, 0.05) is 30.4 Å². The fourth-order valence-corrected chi connectivity index (χ4v) is 3.73. The number of methoxy groups -OCH3 is 1. The minimum Gasteiger partial charge on any atom is -0.398 e. The van der Waals surface area contributed by atoms with Crippen LogP contribution in [0.25, 0.3) is 0 Å². The largest absolute Gasteiger partial charge is 0.398 e. The number of hydrogen-bond acceptors (Lipinski definition) is 4. The first kappa shape index (κ1) is 15.8. The fraction of sp³-hybridized carbons (Fsp3) is 0.538. The van der Waals surface area contributed by atoms with E-state index in [9.17, 15) is 8.42 Å². The number of ether oxygens (including phenoxy) is 1. The van der Waals surface area contributed by atoms with Gasteiger partial charge in [0.15, 0.2) is 0 Å². The molecule has 0 amide bonds. The fourth-order valence-electron chi connectivity index (χ4n) is 2.02. The van der Waals surface area contributed by atoms with Crippen molar-refractivity contribution in [3.63, 3.8) is 0 Å². The number of benzene rings is 1. The quantitative estimate of drug-likeness (QED) is 0.728. The van der Waals surface area contributed by atoms with Crippen LogP contribution in [0, 0.1) is 5.41 Å². The second kappa shape index (κ2) is 6.01. The van der Waals surface area contributed by atoms with Crippen molar-refractivity contribution in [1.29, 1.82) is 0 Å². The Morgan fingerprint density at radius 2 is 2.15 bits per heavy atom. The van der Waals surface area contributed by atoms with Gasteiger partial charge in [-0.15, -0.1) is 0 Å². The van der Waals surface area contributed by atoms with Crippen LogP contribution in [0.1, 0.15) is 19.3 Å². The van der Waals surface area contributed by atoms with Crippen molar-refractivity contribution >= 4 is 31.6 Å². The Labute approximate surface area is 128 Å². The topological polar surface area (TPSA) is 81.4 Å². The Bertz CT molecular complexity index is 585. The Kier molecular flexibility index (Phi) is 4.73. The molecule has 1 aromatic carbocycles. The van der Waals surface area contributed by atoms with Crippen molar-refractivity contribution in [2.24, 2.45) is 5.41 Å². The molecule has 0 radical (unpaired) electrons. The zero-order valence-electron chi connectivity index (χ0n) is 11.4. The molecule has 0 saturated heterocycles. The summed E-state index contributed by atoms with van der Waals surface area (Å²) >= 11 is 3.24. The molecule has 2 rings (SSSR count). The number of nitrogens with one attached hydrogen (secondary N) is 1. The number of halogens is 1. The van der Waals surface area contributed by atoms with E-state index >= 15 is 0 Å². The summed E-state index contributed by atoms with van der Waals surface area (Å²) in [6.07, 6.45) is 2.98. The van der Waals surface area contributed by atoms with Crippen molar-refractivity contribution in [1.82, 2.24) is 4.72 Å². The van der Waals surface area contributed by atoms with Crippen LogP contribution >= 0.6 is 15.9 Å². The maximum absolute atomic E-state index is 12.2. The van der Waals surface area contributed by atoms with Gasteiger partial charge in [-0.05, 0) is 58.8 Å². The van der Waals surface area contributed by atoms with Gasteiger partial charge < -0.3 is 10.5 Å². The first-order chi connectivity index (χ1) is 9.38. The Morgan fingerprint density at radius 1 is 1.45 bits per heavy atom. The van der Waals surface area contributed by atoms with Crippen LogP contribution in [0.2, 0.25) is 0 Å². The van der Waals surface area contributed by atoms with E-state index in [0.29, 0.717) is 23.3 Å². The van der Waals surface area contributed by atoms with E-state index in [1.54, 1.807) is 13.2 Å². The smallest absolute Gasteiger partial charge is 0.240 e. The van der Waals surface area contributed by atoms with E-state index < -0.39 is 10.0 Å². The lowest BCUT2D eigenvalue weighted by molar-refractivity contribution is 0.173. The van der Waals surface area contributed by atoms with E-state index in [4.69, 9.17) is 10.5 Å². The van der Waals surface area contributed by atoms with Gasteiger partial charge in [-0.25, -0.2) is 13.1 Å². The normalized spacial score (nSPS) is 17.1. The molecule has 1 fully saturated rings. The zero-order valence-corrected chi connectivity index (χ0v) is 13.8. The third kappa shape index (κ3) is 3.72. The molecule has 0 atom stereocenters. The van der Waals surface area contributed by atoms with Crippen LogP contribution in [-0.2, 0) is 14.8 Å². The number of nitrogens with two attached hydrogens (primary N) is 1. The molecule has 0 spiro atoms. The Morgan fingerprint density at radius 3 is 2.70 bits per heavy atom. The molecule has 0 aromatic heterocycles. The Balaban J connectivity index is 2.02. The average molecular weight is 363 g/mol. The molecule has 3 N–H and O–H groups in total. The molecule has 1 aliphatic carbocycles. The summed E-state index contributed by atoms with van der Waals surface area (Å²) in [6, 6.07) is 4.61. The van der Waals surface area contributed by atoms with Gasteiger partial charge in [0.25, 0.3) is 0 Å². The van der Waals surface area contributed by atoms with Gasteiger partial charge in [-0.1, -0.05) is 0 Å². The predicted molar refractivity (Wildman–Crippen MR) is 81.9 cm³/mol. The van der Waals surface area contributed by atoms with Gasteiger partial charge >= 0.3 is 0 Å². The molecule has 1 aliphatic rings. The highest BCUT2D eigenvalue weighted by molar-refractivity contribution is 9.10. The van der Waals surface area contributed by atoms with Crippen LogP contribution in [0.15, 0.2) is 27.6 Å². The number of hydrogen-bond donors (Lipinski definition) is 2. The number of anilines is 1. The molecule has 0 bridgehead atoms. The lowest BCUT2D eigenvalue weighted by atomic mass is 10.0. The van der Waals surface area contributed by atoms with E-state index in [1.807, 2.05) is 0 Å². The maximum Gasteiger partial charge on any atom is 0.240 e. The van der Waals surface area contributed by atoms with E-state index in [2.05, 4.69) is 20.7 Å². The number of rotatable bonds is 7. The van der Waals surface area contributed by atoms with Gasteiger partial charge in [0.05, 0.1) is 4.90 Å². The van der Waals surface area contributed by atoms with Crippen LogP contribution in [-0.4, -0.2) is 28.7 Å². The summed E-state index contributed by atoms with van der Waals surface area (Å²) in [6.45, 7) is 1.12. The minimum atomic E-state index is -3.49. The monoisotopic (exact) mass is 362 g/mol. The van der Waals surface area contributed by atoms with Crippen LogP contribution in [0.5, 0.6) is 0 Å². The first-order valence-corrected chi connectivity index (χ1v) is 8.70. The van der Waals surface area contributed by atoms with Crippen molar-refractivity contribution in [2.45, 2.75) is 24.2 Å². The average Bonchev–Trinajstić information content (AvgIpc) is 3.18. The second-order valence-corrected chi connectivity index (χ2v) is 7.87. The molecule has 0 unspecified atom stereocenters. The third-order valence-corrected chi connectivity index (χ3v) is 5.80. The van der Waals surface area contributed by atoms with Crippen molar-refractivity contribution < 1.29 is 13.2 Å². The van der Waals surface area contributed by atoms with Crippen molar-refractivity contribution in [3.8, 4) is 0 Å². The Hall–Kier alpha value is -0.630. The molecule has 1 aromatic rings. The summed E-state index contributed by atoms with van der Waals surface area (Å²) in [5.41, 5.74) is 6.26. The molecule has 1 saturated carbocycles. The number of sulfonamides is 1. The van der Waals surface area contributed by atoms with Crippen LogP contribution in [0.3, 0.4) is 0 Å². The maximum atomic E-state index is 12.2. The summed E-state index contributed by atoms with van der Waals surface area (Å²) in [5.74, 6) is 0. The van der Waals surface area contributed by atoms with Gasteiger partial charge in [-0.2, -0.15) is 0 Å². The highest BCUT2D eigenvalue weighted by Gasteiger charge is 2.42. The lowest BCUT2D eigenvalue weighted by Crippen LogP contribution is -2.31. The second-order valence-electron chi connectivity index (χ2n) is 5.25. The predicted octanol–water partition coefficient (Wildman–Crippen LogP) is 2.13. The molecular weight excluding hydrogens is 344 g/mol. The van der Waals surface area contributed by atoms with Crippen LogP contribution < -0.4 is 10.5 Å². The molecular formula is C13H19BrN2O3S. The first-order valence-electron chi connectivity index (χ1n) is 6.42. The highest BCUT2D eigenvalue weighted by atomic mass is 79.9. The molecule has 20 heavy (non-hydrogen) atoms. The van der Waals surface area contributed by atoms with Crippen molar-refractivity contribution in [3.05, 3.63) is 22.7 Å². The summed E-state index contributed by atoms with van der Waals surface area (Å²) in [7, 11) is -1.84. The molecule has 0 aliphatic heterocycles. The van der Waals surface area contributed by atoms with Gasteiger partial charge in [0.1, 0.15) is 0 Å². The van der Waals surface area contributed by atoms with E-state index in [-0.39, 0.29) is 10.3 Å². The summed E-state index contributed by atoms with van der Waals surface area (Å²) in [5, 5.41) is 0. The highest BCUT2D eigenvalue weighted by Crippen LogP contribution is 2.48. The summed E-state index contributed by atoms with van der Waals surface area (Å²) in [4.78, 5) is 0.223. The van der Waals surface area contributed by atoms with Gasteiger partial charge in [0.2, 0.25) is 10.0 Å². The van der Waals surface area contributed by atoms with E-state index in [0.717, 1.165) is 19.3 Å². The standard InChI is InChI=1S/C13H19BrN2O3S/c1-19-7-6-13(4-5-13)9-16-20(17,18)10-2-3-12(15)11(14)8-10/h2-3,8,16H,4-7,9,15H2,1H3. The van der Waals surface area contributed by atoms with Crippen LogP contribution in [0.4, 0.5) is 5.69 Å². The third-order valence-electron chi connectivity index (χ3n) is 3.71. The molecule has 0 heterocycles. The number of nitrogen functional groups attached to an aromatic ring is 1. The van der Waals surface area contributed by atoms with Gasteiger partial charge in [-0.3, -0.25) is 0 Å². The molecule has 7 heteroatoms. The SMILES string of the molecule is COCCC1(CNS(=O)(=O)c2ccc(N)c(Br)c2)CC1. The summed E-state index contributed by atoms with van der Waals surface area (Å²) < 4.78 is 32.8. The minimum absolute atomic E-state index is 0.0775. The van der Waals surface area contributed by atoms with Crippen molar-refractivity contribution in [2.75, 3.05) is 26.0 Å².